The molecule has 0 saturated carbocycles. The molecule has 124 valence electrons. The molecule has 1 heterocycles. The molecule has 5 heteroatoms. The van der Waals surface area contributed by atoms with Crippen LogP contribution in [-0.2, 0) is 6.42 Å². The predicted molar refractivity (Wildman–Crippen MR) is 98.5 cm³/mol. The van der Waals surface area contributed by atoms with Gasteiger partial charge < -0.3 is 13.9 Å². The second-order valence-corrected chi connectivity index (χ2v) is 6.09. The molecule has 0 spiro atoms. The topological polar surface area (TPSA) is 48.7 Å². The van der Waals surface area contributed by atoms with Crippen LogP contribution in [0.4, 0.5) is 0 Å². The van der Waals surface area contributed by atoms with Crippen molar-refractivity contribution in [3.63, 3.8) is 0 Å². The number of rotatable bonds is 5. The molecule has 4 nitrogen and oxygen atoms in total. The van der Waals surface area contributed by atoms with Gasteiger partial charge in [0.05, 0.1) is 25.2 Å². The number of hydrogen-bond donors (Lipinski definition) is 0. The molecule has 3 rings (SSSR count). The highest BCUT2D eigenvalue weighted by atomic mass is 79.9. The minimum atomic E-state index is -0.0922. The zero-order valence-electron chi connectivity index (χ0n) is 13.5. The number of halogens is 1. The van der Waals surface area contributed by atoms with Crippen LogP contribution in [-0.4, -0.2) is 19.5 Å². The van der Waals surface area contributed by atoms with E-state index in [0.717, 1.165) is 17.3 Å². The van der Waals surface area contributed by atoms with Crippen molar-refractivity contribution in [3.8, 4) is 22.6 Å². The molecule has 0 bridgehead atoms. The van der Waals surface area contributed by atoms with Crippen molar-refractivity contribution in [2.45, 2.75) is 6.42 Å². The van der Waals surface area contributed by atoms with Gasteiger partial charge in [-0.25, -0.2) is 0 Å². The Labute approximate surface area is 148 Å². The fraction of sp³-hybridized carbons (Fsp3) is 0.211. The second-order valence-electron chi connectivity index (χ2n) is 5.29. The summed E-state index contributed by atoms with van der Waals surface area (Å²) in [4.78, 5) is 12.8. The molecule has 0 aliphatic rings. The number of fused-ring (bicyclic) bond motifs is 1. The number of methoxy groups -OCH3 is 2. The van der Waals surface area contributed by atoms with E-state index in [1.165, 1.54) is 18.9 Å². The lowest BCUT2D eigenvalue weighted by Crippen LogP contribution is -2.06. The molecule has 0 amide bonds. The fourth-order valence-electron chi connectivity index (χ4n) is 2.67. The van der Waals surface area contributed by atoms with Crippen LogP contribution in [0.2, 0.25) is 0 Å². The van der Waals surface area contributed by atoms with Crippen LogP contribution in [0, 0.1) is 0 Å². The number of benzene rings is 2. The molecule has 3 aromatic rings. The average molecular weight is 389 g/mol. The summed E-state index contributed by atoms with van der Waals surface area (Å²) in [6.07, 6.45) is 2.43. The van der Waals surface area contributed by atoms with Crippen molar-refractivity contribution in [1.29, 1.82) is 0 Å². The van der Waals surface area contributed by atoms with Crippen molar-refractivity contribution < 1.29 is 13.9 Å². The van der Waals surface area contributed by atoms with Gasteiger partial charge in [-0.2, -0.15) is 0 Å². The van der Waals surface area contributed by atoms with Crippen molar-refractivity contribution in [2.75, 3.05) is 19.5 Å². The third-order valence-electron chi connectivity index (χ3n) is 3.93. The minimum Gasteiger partial charge on any atom is -0.493 e. The van der Waals surface area contributed by atoms with E-state index in [0.29, 0.717) is 28.0 Å². The smallest absolute Gasteiger partial charge is 0.204 e. The van der Waals surface area contributed by atoms with Crippen molar-refractivity contribution >= 4 is 26.9 Å². The number of ether oxygens (including phenoxy) is 2. The lowest BCUT2D eigenvalue weighted by Gasteiger charge is -2.10. The molecule has 0 aliphatic heterocycles. The van der Waals surface area contributed by atoms with E-state index in [-0.39, 0.29) is 5.43 Å². The number of alkyl halides is 1. The zero-order chi connectivity index (χ0) is 17.1. The maximum absolute atomic E-state index is 12.8. The molecule has 0 aliphatic carbocycles. The monoisotopic (exact) mass is 388 g/mol. The van der Waals surface area contributed by atoms with Gasteiger partial charge in [-0.15, -0.1) is 0 Å². The molecule has 0 radical (unpaired) electrons. The van der Waals surface area contributed by atoms with E-state index in [4.69, 9.17) is 13.9 Å². The number of hydrogen-bond acceptors (Lipinski definition) is 4. The van der Waals surface area contributed by atoms with Gasteiger partial charge in [0.2, 0.25) is 11.2 Å². The third-order valence-corrected chi connectivity index (χ3v) is 4.33. The van der Waals surface area contributed by atoms with E-state index >= 15 is 0 Å². The minimum absolute atomic E-state index is 0.0922. The normalized spacial score (nSPS) is 10.8. The molecule has 24 heavy (non-hydrogen) atoms. The highest BCUT2D eigenvalue weighted by molar-refractivity contribution is 9.09. The maximum atomic E-state index is 12.8. The molecule has 1 aromatic heterocycles. The quantitative estimate of drug-likeness (QED) is 0.607. The molecular formula is C19H17BrO4. The first-order valence-electron chi connectivity index (χ1n) is 7.51. The Morgan fingerprint density at radius 3 is 2.42 bits per heavy atom. The summed E-state index contributed by atoms with van der Waals surface area (Å²) >= 11 is 3.43. The maximum Gasteiger partial charge on any atom is 0.204 e. The fourth-order valence-corrected chi connectivity index (χ4v) is 3.13. The molecule has 0 unspecified atom stereocenters. The first kappa shape index (κ1) is 16.6. The van der Waals surface area contributed by atoms with Crippen molar-refractivity contribution in [3.05, 3.63) is 58.4 Å². The summed E-state index contributed by atoms with van der Waals surface area (Å²) in [7, 11) is 3.07. The van der Waals surface area contributed by atoms with Gasteiger partial charge in [0.15, 0.2) is 11.3 Å². The summed E-state index contributed by atoms with van der Waals surface area (Å²) in [5, 5.41) is 1.38. The Balaban J connectivity index is 2.14. The van der Waals surface area contributed by atoms with Gasteiger partial charge in [0.1, 0.15) is 6.26 Å². The summed E-state index contributed by atoms with van der Waals surface area (Å²) in [6.45, 7) is 0. The standard InChI is InChI=1S/C19H17BrO4/c1-22-16-8-7-14-17(21)15(11-24-18(14)19(16)23-2)13-5-3-12(4-6-13)9-10-20/h3-8,11H,9-10H2,1-2H3. The first-order chi connectivity index (χ1) is 11.7. The molecule has 0 atom stereocenters. The Morgan fingerprint density at radius 2 is 1.79 bits per heavy atom. The van der Waals surface area contributed by atoms with Crippen LogP contribution in [0.5, 0.6) is 11.5 Å². The van der Waals surface area contributed by atoms with Crippen LogP contribution in [0.3, 0.4) is 0 Å². The van der Waals surface area contributed by atoms with Gasteiger partial charge in [0.25, 0.3) is 0 Å². The van der Waals surface area contributed by atoms with Gasteiger partial charge in [0, 0.05) is 5.33 Å². The largest absolute Gasteiger partial charge is 0.493 e. The zero-order valence-corrected chi connectivity index (χ0v) is 15.1. The Kier molecular flexibility index (Phi) is 4.90. The third kappa shape index (κ3) is 2.91. The van der Waals surface area contributed by atoms with E-state index in [2.05, 4.69) is 15.9 Å². The van der Waals surface area contributed by atoms with Crippen LogP contribution < -0.4 is 14.9 Å². The Hall–Kier alpha value is -2.27. The average Bonchev–Trinajstić information content (AvgIpc) is 2.62. The highest BCUT2D eigenvalue weighted by Crippen LogP contribution is 2.35. The van der Waals surface area contributed by atoms with Crippen molar-refractivity contribution in [2.24, 2.45) is 0 Å². The molecule has 0 saturated heterocycles. The summed E-state index contributed by atoms with van der Waals surface area (Å²) in [5.41, 5.74) is 2.87. The summed E-state index contributed by atoms with van der Waals surface area (Å²) < 4.78 is 16.3. The van der Waals surface area contributed by atoms with Gasteiger partial charge in [-0.05, 0) is 29.7 Å². The predicted octanol–water partition coefficient (Wildman–Crippen LogP) is 4.41. The molecule has 2 aromatic carbocycles. The van der Waals surface area contributed by atoms with Crippen LogP contribution in [0.25, 0.3) is 22.1 Å². The molecular weight excluding hydrogens is 372 g/mol. The van der Waals surface area contributed by atoms with E-state index in [1.54, 1.807) is 19.2 Å². The second kappa shape index (κ2) is 7.09. The number of aryl methyl sites for hydroxylation is 1. The Morgan fingerprint density at radius 1 is 1.04 bits per heavy atom. The van der Waals surface area contributed by atoms with Gasteiger partial charge >= 0.3 is 0 Å². The molecule has 0 fully saturated rings. The van der Waals surface area contributed by atoms with E-state index < -0.39 is 0 Å². The lowest BCUT2D eigenvalue weighted by molar-refractivity contribution is 0.353. The van der Waals surface area contributed by atoms with Crippen LogP contribution >= 0.6 is 15.9 Å². The lowest BCUT2D eigenvalue weighted by atomic mass is 10.0. The van der Waals surface area contributed by atoms with Crippen LogP contribution in [0.1, 0.15) is 5.56 Å². The van der Waals surface area contributed by atoms with E-state index in [9.17, 15) is 4.79 Å². The molecule has 0 N–H and O–H groups in total. The summed E-state index contributed by atoms with van der Waals surface area (Å²) in [6, 6.07) is 11.3. The van der Waals surface area contributed by atoms with Gasteiger partial charge in [-0.1, -0.05) is 40.2 Å². The van der Waals surface area contributed by atoms with Crippen LogP contribution in [0.15, 0.2) is 51.9 Å². The Bertz CT molecular complexity index is 913. The SMILES string of the molecule is COc1ccc2c(=O)c(-c3ccc(CCBr)cc3)coc2c1OC. The van der Waals surface area contributed by atoms with Gasteiger partial charge in [-0.3, -0.25) is 4.79 Å². The summed E-state index contributed by atoms with van der Waals surface area (Å²) in [5.74, 6) is 0.950. The van der Waals surface area contributed by atoms with E-state index in [1.807, 2.05) is 24.3 Å². The highest BCUT2D eigenvalue weighted by Gasteiger charge is 2.16. The van der Waals surface area contributed by atoms with Crippen molar-refractivity contribution in [1.82, 2.24) is 0 Å². The first-order valence-corrected chi connectivity index (χ1v) is 8.63.